The summed E-state index contributed by atoms with van der Waals surface area (Å²) < 4.78 is 2.47. The van der Waals surface area contributed by atoms with E-state index in [4.69, 9.17) is 0 Å². The maximum absolute atomic E-state index is 12.2. The molecule has 0 unspecified atom stereocenters. The van der Waals surface area contributed by atoms with Crippen molar-refractivity contribution in [1.82, 2.24) is 14.6 Å². The lowest BCUT2D eigenvalue weighted by Crippen LogP contribution is -2.16. The third-order valence-corrected chi connectivity index (χ3v) is 3.15. The monoisotopic (exact) mass is 316 g/mol. The highest BCUT2D eigenvalue weighted by Gasteiger charge is 2.11. The molecule has 3 aromatic rings. The molecule has 0 fully saturated rings. The van der Waals surface area contributed by atoms with Gasteiger partial charge in [0.05, 0.1) is 6.20 Å². The Kier molecular flexibility index (Phi) is 3.00. The van der Waals surface area contributed by atoms with E-state index >= 15 is 0 Å². The maximum atomic E-state index is 12.2. The SMILES string of the molecule is O=C(Nc1ccc(Br)cc1)c1ccnc2ccnn12. The second-order valence-electron chi connectivity index (χ2n) is 3.89. The molecule has 19 heavy (non-hydrogen) atoms. The minimum absolute atomic E-state index is 0.224. The number of carbonyl (C=O) groups excluding carboxylic acids is 1. The average molecular weight is 317 g/mol. The third kappa shape index (κ3) is 2.34. The largest absolute Gasteiger partial charge is 0.321 e. The molecule has 1 N–H and O–H groups in total. The van der Waals surface area contributed by atoms with E-state index in [1.54, 1.807) is 24.5 Å². The number of hydrogen-bond donors (Lipinski definition) is 1. The molecule has 1 amide bonds. The van der Waals surface area contributed by atoms with Crippen LogP contribution in [-0.2, 0) is 0 Å². The van der Waals surface area contributed by atoms with Gasteiger partial charge in [-0.15, -0.1) is 0 Å². The lowest BCUT2D eigenvalue weighted by atomic mass is 10.3. The molecule has 94 valence electrons. The molecule has 0 aliphatic rings. The number of aromatic nitrogens is 3. The molecular formula is C13H9BrN4O. The predicted molar refractivity (Wildman–Crippen MR) is 75.1 cm³/mol. The summed E-state index contributed by atoms with van der Waals surface area (Å²) in [5, 5.41) is 6.90. The molecule has 6 heteroatoms. The summed E-state index contributed by atoms with van der Waals surface area (Å²) in [6.45, 7) is 0. The van der Waals surface area contributed by atoms with Gasteiger partial charge in [0.25, 0.3) is 5.91 Å². The fraction of sp³-hybridized carbons (Fsp3) is 0. The van der Waals surface area contributed by atoms with Crippen LogP contribution in [-0.4, -0.2) is 20.5 Å². The molecule has 0 atom stereocenters. The molecular weight excluding hydrogens is 308 g/mol. The number of amides is 1. The second-order valence-corrected chi connectivity index (χ2v) is 4.81. The summed E-state index contributed by atoms with van der Waals surface area (Å²) >= 11 is 3.35. The van der Waals surface area contributed by atoms with E-state index in [1.807, 2.05) is 24.3 Å². The van der Waals surface area contributed by atoms with Crippen LogP contribution in [0.15, 0.2) is 53.3 Å². The van der Waals surface area contributed by atoms with E-state index in [9.17, 15) is 4.79 Å². The van der Waals surface area contributed by atoms with Crippen molar-refractivity contribution in [2.24, 2.45) is 0 Å². The van der Waals surface area contributed by atoms with Gasteiger partial charge >= 0.3 is 0 Å². The first kappa shape index (κ1) is 11.9. The minimum atomic E-state index is -0.224. The predicted octanol–water partition coefficient (Wildman–Crippen LogP) is 2.74. The van der Waals surface area contributed by atoms with Crippen LogP contribution < -0.4 is 5.32 Å². The van der Waals surface area contributed by atoms with Crippen LogP contribution in [0.4, 0.5) is 5.69 Å². The molecule has 0 saturated carbocycles. The summed E-state index contributed by atoms with van der Waals surface area (Å²) in [7, 11) is 0. The van der Waals surface area contributed by atoms with Gasteiger partial charge in [0.15, 0.2) is 5.65 Å². The Hall–Kier alpha value is -2.21. The standard InChI is InChI=1S/C13H9BrN4O/c14-9-1-3-10(4-2-9)17-13(19)11-5-7-15-12-6-8-16-18(11)12/h1-8H,(H,17,19). The Labute approximate surface area is 117 Å². The molecule has 0 aliphatic carbocycles. The third-order valence-electron chi connectivity index (χ3n) is 2.62. The van der Waals surface area contributed by atoms with E-state index in [0.717, 1.165) is 10.2 Å². The number of anilines is 1. The first-order valence-corrected chi connectivity index (χ1v) is 6.39. The van der Waals surface area contributed by atoms with Gasteiger partial charge in [-0.25, -0.2) is 9.50 Å². The van der Waals surface area contributed by atoms with Gasteiger partial charge in [-0.3, -0.25) is 4.79 Å². The normalized spacial score (nSPS) is 10.6. The molecule has 0 saturated heterocycles. The summed E-state index contributed by atoms with van der Waals surface area (Å²) in [5.74, 6) is -0.224. The van der Waals surface area contributed by atoms with Gasteiger partial charge in [-0.2, -0.15) is 5.10 Å². The van der Waals surface area contributed by atoms with Crippen LogP contribution in [0.2, 0.25) is 0 Å². The summed E-state index contributed by atoms with van der Waals surface area (Å²) in [6.07, 6.45) is 3.20. The topological polar surface area (TPSA) is 59.3 Å². The number of nitrogens with zero attached hydrogens (tertiary/aromatic N) is 3. The van der Waals surface area contributed by atoms with Crippen molar-refractivity contribution < 1.29 is 4.79 Å². The first-order chi connectivity index (χ1) is 9.24. The molecule has 2 heterocycles. The van der Waals surface area contributed by atoms with Crippen LogP contribution in [0.1, 0.15) is 10.5 Å². The Morgan fingerprint density at radius 1 is 1.11 bits per heavy atom. The van der Waals surface area contributed by atoms with E-state index in [-0.39, 0.29) is 5.91 Å². The van der Waals surface area contributed by atoms with Crippen LogP contribution in [0.5, 0.6) is 0 Å². The molecule has 3 rings (SSSR count). The molecule has 5 nitrogen and oxygen atoms in total. The van der Waals surface area contributed by atoms with E-state index in [0.29, 0.717) is 11.3 Å². The fourth-order valence-electron chi connectivity index (χ4n) is 1.73. The molecule has 0 aliphatic heterocycles. The Morgan fingerprint density at radius 3 is 2.68 bits per heavy atom. The van der Waals surface area contributed by atoms with Crippen molar-refractivity contribution in [3.05, 3.63) is 59.0 Å². The van der Waals surface area contributed by atoms with Crippen molar-refractivity contribution in [3.63, 3.8) is 0 Å². The van der Waals surface area contributed by atoms with Gasteiger partial charge in [-0.1, -0.05) is 15.9 Å². The molecule has 0 spiro atoms. The van der Waals surface area contributed by atoms with Gasteiger partial charge < -0.3 is 5.32 Å². The van der Waals surface area contributed by atoms with Crippen LogP contribution in [0.3, 0.4) is 0 Å². The van der Waals surface area contributed by atoms with Crippen LogP contribution in [0.25, 0.3) is 5.65 Å². The number of nitrogens with one attached hydrogen (secondary N) is 1. The second kappa shape index (κ2) is 4.81. The molecule has 0 radical (unpaired) electrons. The average Bonchev–Trinajstić information content (AvgIpc) is 2.89. The summed E-state index contributed by atoms with van der Waals surface area (Å²) in [6, 6.07) is 10.8. The fourth-order valence-corrected chi connectivity index (χ4v) is 2.00. The Balaban J connectivity index is 1.92. The zero-order chi connectivity index (χ0) is 13.2. The highest BCUT2D eigenvalue weighted by molar-refractivity contribution is 9.10. The number of halogens is 1. The zero-order valence-corrected chi connectivity index (χ0v) is 11.3. The summed E-state index contributed by atoms with van der Waals surface area (Å²) in [5.41, 5.74) is 1.81. The van der Waals surface area contributed by atoms with Crippen molar-refractivity contribution in [1.29, 1.82) is 0 Å². The lowest BCUT2D eigenvalue weighted by Gasteiger charge is -2.06. The van der Waals surface area contributed by atoms with Crippen molar-refractivity contribution >= 4 is 33.2 Å². The number of fused-ring (bicyclic) bond motifs is 1. The van der Waals surface area contributed by atoms with Crippen LogP contribution in [0, 0.1) is 0 Å². The number of carbonyl (C=O) groups is 1. The zero-order valence-electron chi connectivity index (χ0n) is 9.75. The van der Waals surface area contributed by atoms with Crippen molar-refractivity contribution in [2.45, 2.75) is 0 Å². The highest BCUT2D eigenvalue weighted by Crippen LogP contribution is 2.15. The van der Waals surface area contributed by atoms with Gasteiger partial charge in [0.1, 0.15) is 5.69 Å². The van der Waals surface area contributed by atoms with Crippen molar-refractivity contribution in [2.75, 3.05) is 5.32 Å². The highest BCUT2D eigenvalue weighted by atomic mass is 79.9. The van der Waals surface area contributed by atoms with Gasteiger partial charge in [0.2, 0.25) is 0 Å². The van der Waals surface area contributed by atoms with E-state index in [2.05, 4.69) is 31.3 Å². The summed E-state index contributed by atoms with van der Waals surface area (Å²) in [4.78, 5) is 16.3. The quantitative estimate of drug-likeness (QED) is 0.790. The smallest absolute Gasteiger partial charge is 0.274 e. The van der Waals surface area contributed by atoms with E-state index < -0.39 is 0 Å². The molecule has 1 aromatic carbocycles. The van der Waals surface area contributed by atoms with E-state index in [1.165, 1.54) is 4.52 Å². The number of rotatable bonds is 2. The number of benzene rings is 1. The molecule has 0 bridgehead atoms. The molecule has 2 aromatic heterocycles. The van der Waals surface area contributed by atoms with Gasteiger partial charge in [0, 0.05) is 22.4 Å². The lowest BCUT2D eigenvalue weighted by molar-refractivity contribution is 0.102. The van der Waals surface area contributed by atoms with Gasteiger partial charge in [-0.05, 0) is 30.3 Å². The maximum Gasteiger partial charge on any atom is 0.274 e. The minimum Gasteiger partial charge on any atom is -0.321 e. The first-order valence-electron chi connectivity index (χ1n) is 5.60. The number of hydrogen-bond acceptors (Lipinski definition) is 3. The Bertz CT molecular complexity index is 736. The Morgan fingerprint density at radius 2 is 1.89 bits per heavy atom. The van der Waals surface area contributed by atoms with Crippen molar-refractivity contribution in [3.8, 4) is 0 Å². The van der Waals surface area contributed by atoms with Crippen LogP contribution >= 0.6 is 15.9 Å².